The highest BCUT2D eigenvalue weighted by Crippen LogP contribution is 2.36. The molecule has 1 heterocycles. The molecule has 0 atom stereocenters. The van der Waals surface area contributed by atoms with Crippen LogP contribution in [0.2, 0.25) is 0 Å². The fourth-order valence-corrected chi connectivity index (χ4v) is 4.30. The molecule has 0 fully saturated rings. The van der Waals surface area contributed by atoms with Gasteiger partial charge in [-0.3, -0.25) is 9.69 Å². The zero-order chi connectivity index (χ0) is 21.8. The number of hydrogen-bond donors (Lipinski definition) is 0. The Bertz CT molecular complexity index is 1050. The van der Waals surface area contributed by atoms with E-state index in [1.165, 1.54) is 22.3 Å². The minimum Gasteiger partial charge on any atom is -0.494 e. The van der Waals surface area contributed by atoms with Gasteiger partial charge in [-0.1, -0.05) is 31.3 Å². The number of likely N-dealkylation sites (N-methyl/N-ethyl adjacent to an activating group) is 1. The number of nitrogens with zero attached hydrogens (tertiary/aromatic N) is 3. The average Bonchev–Trinajstić information content (AvgIpc) is 3.19. The van der Waals surface area contributed by atoms with Crippen molar-refractivity contribution in [3.8, 4) is 5.75 Å². The SMILES string of the molecule is CCN(CC)CCN(C(=O)c1ccc(F)c(F)c1)c1nc2c(OC)ccc(C)c2s1. The van der Waals surface area contributed by atoms with Crippen LogP contribution in [-0.4, -0.2) is 49.1 Å². The van der Waals surface area contributed by atoms with E-state index < -0.39 is 17.5 Å². The zero-order valence-electron chi connectivity index (χ0n) is 17.5. The summed E-state index contributed by atoms with van der Waals surface area (Å²) in [6.45, 7) is 8.77. The van der Waals surface area contributed by atoms with Gasteiger partial charge in [-0.05, 0) is 49.8 Å². The topological polar surface area (TPSA) is 45.7 Å². The van der Waals surface area contributed by atoms with Gasteiger partial charge in [0.2, 0.25) is 0 Å². The summed E-state index contributed by atoms with van der Waals surface area (Å²) in [6.07, 6.45) is 0. The van der Waals surface area contributed by atoms with E-state index in [0.29, 0.717) is 29.5 Å². The highest BCUT2D eigenvalue weighted by atomic mass is 32.1. The molecule has 0 radical (unpaired) electrons. The summed E-state index contributed by atoms with van der Waals surface area (Å²) in [5, 5.41) is 0.500. The second kappa shape index (κ2) is 9.49. The van der Waals surface area contributed by atoms with E-state index in [1.54, 1.807) is 7.11 Å². The van der Waals surface area contributed by atoms with Gasteiger partial charge in [0, 0.05) is 18.7 Å². The number of benzene rings is 2. The highest BCUT2D eigenvalue weighted by molar-refractivity contribution is 7.22. The summed E-state index contributed by atoms with van der Waals surface area (Å²) in [7, 11) is 1.58. The lowest BCUT2D eigenvalue weighted by Crippen LogP contribution is -2.39. The van der Waals surface area contributed by atoms with E-state index in [1.807, 2.05) is 19.1 Å². The van der Waals surface area contributed by atoms with Crippen LogP contribution in [-0.2, 0) is 0 Å². The molecule has 0 N–H and O–H groups in total. The van der Waals surface area contributed by atoms with Gasteiger partial charge in [0.1, 0.15) is 11.3 Å². The first kappa shape index (κ1) is 22.1. The summed E-state index contributed by atoms with van der Waals surface area (Å²) in [6, 6.07) is 6.99. The van der Waals surface area contributed by atoms with Gasteiger partial charge in [-0.15, -0.1) is 0 Å². The number of rotatable bonds is 8. The van der Waals surface area contributed by atoms with Gasteiger partial charge in [-0.2, -0.15) is 0 Å². The monoisotopic (exact) mass is 433 g/mol. The molecule has 3 rings (SSSR count). The van der Waals surface area contributed by atoms with Gasteiger partial charge in [-0.25, -0.2) is 13.8 Å². The summed E-state index contributed by atoms with van der Waals surface area (Å²) < 4.78 is 33.5. The largest absolute Gasteiger partial charge is 0.494 e. The first-order valence-corrected chi connectivity index (χ1v) is 10.6. The molecular weight excluding hydrogens is 408 g/mol. The van der Waals surface area contributed by atoms with Gasteiger partial charge in [0.15, 0.2) is 16.8 Å². The molecule has 0 unspecified atom stereocenters. The number of aromatic nitrogens is 1. The first-order valence-electron chi connectivity index (χ1n) is 9.82. The van der Waals surface area contributed by atoms with Crippen molar-refractivity contribution in [3.05, 3.63) is 53.1 Å². The molecular formula is C22H25F2N3O2S. The van der Waals surface area contributed by atoms with Crippen LogP contribution in [0, 0.1) is 18.6 Å². The van der Waals surface area contributed by atoms with Gasteiger partial charge in [0.05, 0.1) is 11.8 Å². The Labute approximate surface area is 178 Å². The Morgan fingerprint density at radius 3 is 2.47 bits per heavy atom. The fraction of sp³-hybridized carbons (Fsp3) is 0.364. The normalized spacial score (nSPS) is 11.3. The molecule has 8 heteroatoms. The number of thiazole rings is 1. The number of amides is 1. The smallest absolute Gasteiger partial charge is 0.260 e. The van der Waals surface area contributed by atoms with E-state index in [9.17, 15) is 13.6 Å². The van der Waals surface area contributed by atoms with Crippen molar-refractivity contribution < 1.29 is 18.3 Å². The molecule has 1 aromatic heterocycles. The van der Waals surface area contributed by atoms with Crippen LogP contribution in [0.25, 0.3) is 10.2 Å². The molecule has 0 saturated heterocycles. The summed E-state index contributed by atoms with van der Waals surface area (Å²) >= 11 is 1.39. The molecule has 0 aliphatic heterocycles. The molecule has 1 amide bonds. The zero-order valence-corrected chi connectivity index (χ0v) is 18.4. The number of anilines is 1. The first-order chi connectivity index (χ1) is 14.4. The third-order valence-corrected chi connectivity index (χ3v) is 6.30. The molecule has 0 bridgehead atoms. The van der Waals surface area contributed by atoms with Crippen molar-refractivity contribution >= 4 is 32.6 Å². The van der Waals surface area contributed by atoms with E-state index in [4.69, 9.17) is 4.74 Å². The van der Waals surface area contributed by atoms with Crippen LogP contribution in [0.15, 0.2) is 30.3 Å². The number of halogens is 2. The van der Waals surface area contributed by atoms with E-state index in [-0.39, 0.29) is 5.56 Å². The number of methoxy groups -OCH3 is 1. The van der Waals surface area contributed by atoms with Crippen molar-refractivity contribution in [2.45, 2.75) is 20.8 Å². The summed E-state index contributed by atoms with van der Waals surface area (Å²) in [5.74, 6) is -1.83. The van der Waals surface area contributed by atoms with E-state index in [2.05, 4.69) is 23.7 Å². The maximum Gasteiger partial charge on any atom is 0.260 e. The second-order valence-electron chi connectivity index (χ2n) is 6.87. The number of carbonyl (C=O) groups is 1. The third kappa shape index (κ3) is 4.44. The van der Waals surface area contributed by atoms with Gasteiger partial charge < -0.3 is 9.64 Å². The van der Waals surface area contributed by atoms with Crippen LogP contribution in [0.4, 0.5) is 13.9 Å². The fourth-order valence-electron chi connectivity index (χ4n) is 3.23. The maximum atomic E-state index is 13.8. The van der Waals surface area contributed by atoms with Crippen molar-refractivity contribution in [1.29, 1.82) is 0 Å². The van der Waals surface area contributed by atoms with Crippen LogP contribution < -0.4 is 9.64 Å². The number of ether oxygens (including phenoxy) is 1. The molecule has 0 saturated carbocycles. The predicted octanol–water partition coefficient (Wildman–Crippen LogP) is 4.88. The van der Waals surface area contributed by atoms with Crippen molar-refractivity contribution in [1.82, 2.24) is 9.88 Å². The molecule has 0 spiro atoms. The lowest BCUT2D eigenvalue weighted by molar-refractivity contribution is 0.0983. The Morgan fingerprint density at radius 1 is 1.10 bits per heavy atom. The Balaban J connectivity index is 2.04. The Morgan fingerprint density at radius 2 is 1.83 bits per heavy atom. The Hall–Kier alpha value is -2.58. The van der Waals surface area contributed by atoms with Crippen molar-refractivity contribution in [2.75, 3.05) is 38.2 Å². The standard InChI is InChI=1S/C22H25F2N3O2S/c1-5-26(6-2)11-12-27(21(28)15-8-9-16(23)17(24)13-15)22-25-19-18(29-4)10-7-14(3)20(19)30-22/h7-10,13H,5-6,11-12H2,1-4H3. The van der Waals surface area contributed by atoms with Crippen LogP contribution in [0.3, 0.4) is 0 Å². The molecule has 0 aliphatic rings. The summed E-state index contributed by atoms with van der Waals surface area (Å²) in [4.78, 5) is 21.7. The van der Waals surface area contributed by atoms with Gasteiger partial charge in [0.25, 0.3) is 5.91 Å². The quantitative estimate of drug-likeness (QED) is 0.508. The van der Waals surface area contributed by atoms with Crippen LogP contribution >= 0.6 is 11.3 Å². The average molecular weight is 434 g/mol. The molecule has 3 aromatic rings. The molecule has 0 aliphatic carbocycles. The minimum absolute atomic E-state index is 0.0800. The number of fused-ring (bicyclic) bond motifs is 1. The summed E-state index contributed by atoms with van der Waals surface area (Å²) in [5.41, 5.74) is 1.79. The molecule has 5 nitrogen and oxygen atoms in total. The maximum absolute atomic E-state index is 13.8. The molecule has 160 valence electrons. The minimum atomic E-state index is -1.05. The predicted molar refractivity (Wildman–Crippen MR) is 117 cm³/mol. The number of hydrogen-bond acceptors (Lipinski definition) is 5. The lowest BCUT2D eigenvalue weighted by Gasteiger charge is -2.24. The van der Waals surface area contributed by atoms with E-state index in [0.717, 1.165) is 35.5 Å². The van der Waals surface area contributed by atoms with Crippen molar-refractivity contribution in [3.63, 3.8) is 0 Å². The molecule has 2 aromatic carbocycles. The lowest BCUT2D eigenvalue weighted by atomic mass is 10.2. The second-order valence-corrected chi connectivity index (χ2v) is 7.85. The van der Waals surface area contributed by atoms with Crippen LogP contribution in [0.5, 0.6) is 5.75 Å². The number of carbonyl (C=O) groups excluding carboxylic acids is 1. The van der Waals surface area contributed by atoms with Crippen LogP contribution in [0.1, 0.15) is 29.8 Å². The highest BCUT2D eigenvalue weighted by Gasteiger charge is 2.24. The van der Waals surface area contributed by atoms with Crippen molar-refractivity contribution in [2.24, 2.45) is 0 Å². The molecule has 30 heavy (non-hydrogen) atoms. The third-order valence-electron chi connectivity index (χ3n) is 5.09. The number of aryl methyl sites for hydroxylation is 1. The Kier molecular flexibility index (Phi) is 6.99. The van der Waals surface area contributed by atoms with Gasteiger partial charge >= 0.3 is 0 Å². The van der Waals surface area contributed by atoms with E-state index >= 15 is 0 Å².